The molecule has 28 heavy (non-hydrogen) atoms. The third-order valence-corrected chi connectivity index (χ3v) is 4.30. The molecule has 4 aromatic rings. The van der Waals surface area contributed by atoms with Crippen LogP contribution in [0.3, 0.4) is 0 Å². The molecule has 0 unspecified atom stereocenters. The summed E-state index contributed by atoms with van der Waals surface area (Å²) in [7, 11) is 0. The number of nitrogens with zero attached hydrogens (tertiary/aromatic N) is 4. The van der Waals surface area contributed by atoms with Gasteiger partial charge in [0.15, 0.2) is 0 Å². The van der Waals surface area contributed by atoms with Gasteiger partial charge >= 0.3 is 0 Å². The molecule has 2 N–H and O–H groups in total. The van der Waals surface area contributed by atoms with Gasteiger partial charge in [0.25, 0.3) is 0 Å². The molecule has 7 nitrogen and oxygen atoms in total. The van der Waals surface area contributed by atoms with Crippen molar-refractivity contribution >= 4 is 17.8 Å². The number of amides is 1. The average Bonchev–Trinajstić information content (AvgIpc) is 3.19. The average molecular weight is 372 g/mol. The number of carbonyl (C=O) groups excluding carboxylic acids is 1. The molecule has 138 valence electrons. The van der Waals surface area contributed by atoms with Crippen LogP contribution in [0.4, 0.5) is 11.4 Å². The molecule has 0 aliphatic carbocycles. The molecule has 0 atom stereocenters. The van der Waals surface area contributed by atoms with Crippen molar-refractivity contribution in [3.05, 3.63) is 79.3 Å². The predicted molar refractivity (Wildman–Crippen MR) is 105 cm³/mol. The first kappa shape index (κ1) is 17.3. The summed E-state index contributed by atoms with van der Waals surface area (Å²) >= 11 is 0. The normalized spacial score (nSPS) is 10.6. The number of pyridine rings is 1. The molecule has 0 radical (unpaired) electrons. The number of benzene rings is 2. The molecular weight excluding hydrogens is 356 g/mol. The Hall–Kier alpha value is -4.13. The number of phenolic OH excluding ortho intramolecular Hbond substituents is 2. The van der Waals surface area contributed by atoms with Gasteiger partial charge in [0.2, 0.25) is 6.41 Å². The smallest absolute Gasteiger partial charge is 0.218 e. The second-order valence-corrected chi connectivity index (χ2v) is 6.03. The van der Waals surface area contributed by atoms with E-state index >= 15 is 0 Å². The lowest BCUT2D eigenvalue weighted by Crippen LogP contribution is -2.14. The first-order valence-electron chi connectivity index (χ1n) is 8.49. The van der Waals surface area contributed by atoms with Crippen LogP contribution in [0, 0.1) is 0 Å². The summed E-state index contributed by atoms with van der Waals surface area (Å²) < 4.78 is 1.66. The summed E-state index contributed by atoms with van der Waals surface area (Å²) in [5, 5.41) is 24.1. The Morgan fingerprint density at radius 3 is 2.46 bits per heavy atom. The van der Waals surface area contributed by atoms with E-state index in [1.54, 1.807) is 47.5 Å². The van der Waals surface area contributed by atoms with Gasteiger partial charge in [-0.2, -0.15) is 5.10 Å². The molecule has 7 heteroatoms. The van der Waals surface area contributed by atoms with Gasteiger partial charge in [0.1, 0.15) is 11.5 Å². The second-order valence-electron chi connectivity index (χ2n) is 6.03. The minimum atomic E-state index is -0.0517. The summed E-state index contributed by atoms with van der Waals surface area (Å²) in [6.45, 7) is 0. The first-order valence-corrected chi connectivity index (χ1v) is 8.49. The minimum absolute atomic E-state index is 0.0201. The number of aromatic hydroxyl groups is 2. The number of phenols is 2. The van der Waals surface area contributed by atoms with Crippen molar-refractivity contribution in [1.82, 2.24) is 14.8 Å². The summed E-state index contributed by atoms with van der Waals surface area (Å²) in [5.74, 6) is -0.0718. The maximum atomic E-state index is 11.7. The number of hydrogen-bond donors (Lipinski definition) is 2. The lowest BCUT2D eigenvalue weighted by Gasteiger charge is -2.18. The molecule has 0 fully saturated rings. The van der Waals surface area contributed by atoms with Crippen LogP contribution in [0.1, 0.15) is 0 Å². The third-order valence-electron chi connectivity index (χ3n) is 4.30. The highest BCUT2D eigenvalue weighted by Gasteiger charge is 2.14. The van der Waals surface area contributed by atoms with E-state index < -0.39 is 0 Å². The molecule has 0 aliphatic heterocycles. The van der Waals surface area contributed by atoms with Crippen LogP contribution in [0.25, 0.3) is 16.9 Å². The van der Waals surface area contributed by atoms with Crippen LogP contribution >= 0.6 is 0 Å². The largest absolute Gasteiger partial charge is 0.508 e. The minimum Gasteiger partial charge on any atom is -0.508 e. The van der Waals surface area contributed by atoms with Crippen LogP contribution in [-0.4, -0.2) is 31.4 Å². The van der Waals surface area contributed by atoms with Crippen LogP contribution < -0.4 is 4.90 Å². The zero-order valence-corrected chi connectivity index (χ0v) is 14.7. The van der Waals surface area contributed by atoms with Gasteiger partial charge in [-0.15, -0.1) is 0 Å². The predicted octanol–water partition coefficient (Wildman–Crippen LogP) is 3.64. The molecule has 1 amide bonds. The number of rotatable bonds is 5. The fourth-order valence-corrected chi connectivity index (χ4v) is 3.00. The van der Waals surface area contributed by atoms with Gasteiger partial charge < -0.3 is 10.2 Å². The first-order chi connectivity index (χ1) is 13.7. The highest BCUT2D eigenvalue weighted by atomic mass is 16.3. The quantitative estimate of drug-likeness (QED) is 0.522. The molecular formula is C21H16N4O3. The molecule has 4 rings (SSSR count). The SMILES string of the molecule is O=CN(c1ccncc1)c1cccc(-n2nccc2-c2ccc(O)cc2O)c1. The summed E-state index contributed by atoms with van der Waals surface area (Å²) in [5.41, 5.74) is 3.25. The summed E-state index contributed by atoms with van der Waals surface area (Å²) in [6.07, 6.45) is 5.60. The Labute approximate surface area is 160 Å². The van der Waals surface area contributed by atoms with Gasteiger partial charge in [-0.1, -0.05) is 6.07 Å². The van der Waals surface area contributed by atoms with Crippen LogP contribution in [0.5, 0.6) is 11.5 Å². The van der Waals surface area contributed by atoms with Crippen molar-refractivity contribution in [2.75, 3.05) is 4.90 Å². The Kier molecular flexibility index (Phi) is 4.47. The number of hydrogen-bond acceptors (Lipinski definition) is 5. The van der Waals surface area contributed by atoms with Crippen molar-refractivity contribution in [3.63, 3.8) is 0 Å². The monoisotopic (exact) mass is 372 g/mol. The molecule has 2 heterocycles. The molecule has 0 aliphatic rings. The van der Waals surface area contributed by atoms with Crippen LogP contribution in [0.15, 0.2) is 79.3 Å². The Morgan fingerprint density at radius 1 is 0.893 bits per heavy atom. The van der Waals surface area contributed by atoms with Crippen molar-refractivity contribution in [1.29, 1.82) is 0 Å². The number of carbonyl (C=O) groups is 1. The van der Waals surface area contributed by atoms with E-state index in [9.17, 15) is 15.0 Å². The van der Waals surface area contributed by atoms with Crippen molar-refractivity contribution < 1.29 is 15.0 Å². The van der Waals surface area contributed by atoms with E-state index in [2.05, 4.69) is 10.1 Å². The van der Waals surface area contributed by atoms with Crippen LogP contribution in [0.2, 0.25) is 0 Å². The highest BCUT2D eigenvalue weighted by Crippen LogP contribution is 2.34. The van der Waals surface area contributed by atoms with Gasteiger partial charge in [0.05, 0.1) is 29.0 Å². The molecule has 0 saturated heterocycles. The fraction of sp³-hybridized carbons (Fsp3) is 0. The molecule has 0 bridgehead atoms. The van der Waals surface area contributed by atoms with Crippen molar-refractivity contribution in [2.45, 2.75) is 0 Å². The Bertz CT molecular complexity index is 1130. The lowest BCUT2D eigenvalue weighted by atomic mass is 10.1. The van der Waals surface area contributed by atoms with Gasteiger partial charge in [-0.05, 0) is 48.5 Å². The Morgan fingerprint density at radius 2 is 1.71 bits per heavy atom. The van der Waals surface area contributed by atoms with E-state index in [4.69, 9.17) is 0 Å². The van der Waals surface area contributed by atoms with E-state index in [0.29, 0.717) is 28.3 Å². The maximum absolute atomic E-state index is 11.7. The molecule has 0 spiro atoms. The van der Waals surface area contributed by atoms with E-state index in [1.807, 2.05) is 24.3 Å². The number of aromatic nitrogens is 3. The molecule has 0 saturated carbocycles. The van der Waals surface area contributed by atoms with Gasteiger partial charge in [-0.3, -0.25) is 14.7 Å². The van der Waals surface area contributed by atoms with Gasteiger partial charge in [0, 0.05) is 24.0 Å². The molecule has 2 aromatic heterocycles. The summed E-state index contributed by atoms with van der Waals surface area (Å²) in [4.78, 5) is 17.2. The lowest BCUT2D eigenvalue weighted by molar-refractivity contribution is -0.106. The van der Waals surface area contributed by atoms with Crippen molar-refractivity contribution in [3.8, 4) is 28.4 Å². The Balaban J connectivity index is 1.77. The standard InChI is InChI=1S/C21H16N4O3/c26-14-24(15-6-9-22-10-7-15)16-2-1-3-17(12-16)25-20(8-11-23-25)19-5-4-18(27)13-21(19)28/h1-14,27-28H. The number of anilines is 2. The van der Waals surface area contributed by atoms with Crippen LogP contribution in [-0.2, 0) is 4.79 Å². The van der Waals surface area contributed by atoms with Crippen molar-refractivity contribution in [2.24, 2.45) is 0 Å². The second kappa shape index (κ2) is 7.24. The van der Waals surface area contributed by atoms with E-state index in [-0.39, 0.29) is 11.5 Å². The topological polar surface area (TPSA) is 91.5 Å². The third kappa shape index (κ3) is 3.16. The maximum Gasteiger partial charge on any atom is 0.218 e. The summed E-state index contributed by atoms with van der Waals surface area (Å²) in [6, 6.07) is 17.0. The molecule has 2 aromatic carbocycles. The van der Waals surface area contributed by atoms with E-state index in [0.717, 1.165) is 6.41 Å². The zero-order valence-electron chi connectivity index (χ0n) is 14.7. The van der Waals surface area contributed by atoms with Gasteiger partial charge in [-0.25, -0.2) is 4.68 Å². The highest BCUT2D eigenvalue weighted by molar-refractivity contribution is 5.86. The van der Waals surface area contributed by atoms with E-state index in [1.165, 1.54) is 17.0 Å². The zero-order chi connectivity index (χ0) is 19.5. The fourth-order valence-electron chi connectivity index (χ4n) is 3.00.